The van der Waals surface area contributed by atoms with Crippen LogP contribution in [0.15, 0.2) is 34.8 Å². The van der Waals surface area contributed by atoms with E-state index >= 15 is 0 Å². The number of aromatic nitrogens is 1. The second-order valence-electron chi connectivity index (χ2n) is 3.64. The van der Waals surface area contributed by atoms with Crippen molar-refractivity contribution < 1.29 is 4.92 Å². The van der Waals surface area contributed by atoms with E-state index in [0.717, 1.165) is 4.47 Å². The number of nitrogen functional groups attached to an aromatic ring is 1. The van der Waals surface area contributed by atoms with Gasteiger partial charge in [-0.2, -0.15) is 0 Å². The molecule has 0 aliphatic carbocycles. The van der Waals surface area contributed by atoms with Crippen LogP contribution in [0.4, 0.5) is 23.0 Å². The minimum absolute atomic E-state index is 0.0647. The average molecular weight is 344 g/mol. The van der Waals surface area contributed by atoms with Crippen LogP contribution in [0.1, 0.15) is 0 Å². The molecule has 8 heteroatoms. The van der Waals surface area contributed by atoms with Gasteiger partial charge in [0.25, 0.3) is 5.69 Å². The Morgan fingerprint density at radius 2 is 2.11 bits per heavy atom. The zero-order valence-electron chi connectivity index (χ0n) is 9.43. The Morgan fingerprint density at radius 1 is 1.37 bits per heavy atom. The number of rotatable bonds is 3. The van der Waals surface area contributed by atoms with Crippen molar-refractivity contribution in [1.29, 1.82) is 0 Å². The number of nitro groups is 1. The van der Waals surface area contributed by atoms with Gasteiger partial charge in [-0.3, -0.25) is 10.1 Å². The van der Waals surface area contributed by atoms with Crippen LogP contribution in [-0.2, 0) is 0 Å². The van der Waals surface area contributed by atoms with Crippen LogP contribution >= 0.6 is 27.5 Å². The topological polar surface area (TPSA) is 94.1 Å². The Balaban J connectivity index is 2.38. The molecule has 0 saturated carbocycles. The number of pyridine rings is 1. The highest BCUT2D eigenvalue weighted by Gasteiger charge is 2.11. The first-order valence-electron chi connectivity index (χ1n) is 5.10. The zero-order chi connectivity index (χ0) is 14.0. The first kappa shape index (κ1) is 13.6. The van der Waals surface area contributed by atoms with E-state index in [1.807, 2.05) is 0 Å². The molecule has 1 aromatic carbocycles. The fraction of sp³-hybridized carbons (Fsp3) is 0. The SMILES string of the molecule is Nc1cc([N+](=O)[O-])cc(Nc2cc(Cl)ccc2Br)n1. The van der Waals surface area contributed by atoms with Gasteiger partial charge in [-0.15, -0.1) is 0 Å². The van der Waals surface area contributed by atoms with Crippen LogP contribution in [0.2, 0.25) is 5.02 Å². The van der Waals surface area contributed by atoms with E-state index in [1.54, 1.807) is 18.2 Å². The highest BCUT2D eigenvalue weighted by Crippen LogP contribution is 2.29. The summed E-state index contributed by atoms with van der Waals surface area (Å²) in [4.78, 5) is 14.2. The molecule has 0 bridgehead atoms. The second-order valence-corrected chi connectivity index (χ2v) is 4.93. The zero-order valence-corrected chi connectivity index (χ0v) is 11.8. The molecule has 0 saturated heterocycles. The molecule has 1 aromatic heterocycles. The molecule has 1 heterocycles. The van der Waals surface area contributed by atoms with E-state index < -0.39 is 4.92 Å². The van der Waals surface area contributed by atoms with E-state index in [2.05, 4.69) is 26.2 Å². The normalized spacial score (nSPS) is 10.2. The molecule has 0 amide bonds. The molecule has 0 radical (unpaired) electrons. The van der Waals surface area contributed by atoms with Gasteiger partial charge < -0.3 is 11.1 Å². The summed E-state index contributed by atoms with van der Waals surface area (Å²) in [6.45, 7) is 0. The third-order valence-electron chi connectivity index (χ3n) is 2.23. The van der Waals surface area contributed by atoms with Crippen LogP contribution in [0.25, 0.3) is 0 Å². The molecule has 0 aliphatic rings. The van der Waals surface area contributed by atoms with Crippen molar-refractivity contribution in [2.24, 2.45) is 0 Å². The number of nitrogens with two attached hydrogens (primary N) is 1. The maximum Gasteiger partial charge on any atom is 0.276 e. The van der Waals surface area contributed by atoms with Gasteiger partial charge in [0, 0.05) is 9.50 Å². The van der Waals surface area contributed by atoms with Crippen molar-refractivity contribution >= 4 is 50.5 Å². The highest BCUT2D eigenvalue weighted by molar-refractivity contribution is 9.10. The standard InChI is InChI=1S/C11H8BrClN4O2/c12-8-2-1-6(13)3-9(8)15-11-5-7(17(18)19)4-10(14)16-11/h1-5H,(H3,14,15,16). The van der Waals surface area contributed by atoms with Crippen molar-refractivity contribution in [1.82, 2.24) is 4.98 Å². The summed E-state index contributed by atoms with van der Waals surface area (Å²) in [6.07, 6.45) is 0. The van der Waals surface area contributed by atoms with Crippen molar-refractivity contribution in [2.75, 3.05) is 11.1 Å². The summed E-state index contributed by atoms with van der Waals surface area (Å²) in [5.74, 6) is 0.338. The summed E-state index contributed by atoms with van der Waals surface area (Å²) in [5.41, 5.74) is 6.03. The molecule has 2 rings (SSSR count). The molecule has 0 fully saturated rings. The molecular weight excluding hydrogens is 336 g/mol. The Kier molecular flexibility index (Phi) is 3.87. The van der Waals surface area contributed by atoms with Crippen LogP contribution < -0.4 is 11.1 Å². The van der Waals surface area contributed by atoms with Crippen LogP contribution in [0.5, 0.6) is 0 Å². The lowest BCUT2D eigenvalue weighted by molar-refractivity contribution is -0.384. The lowest BCUT2D eigenvalue weighted by Gasteiger charge is -2.08. The van der Waals surface area contributed by atoms with E-state index in [0.29, 0.717) is 10.7 Å². The fourth-order valence-electron chi connectivity index (χ4n) is 1.44. The molecule has 3 N–H and O–H groups in total. The van der Waals surface area contributed by atoms with Gasteiger partial charge in [-0.05, 0) is 34.1 Å². The first-order valence-corrected chi connectivity index (χ1v) is 6.27. The Labute approximate surface area is 121 Å². The van der Waals surface area contributed by atoms with E-state index in [9.17, 15) is 10.1 Å². The Morgan fingerprint density at radius 3 is 2.79 bits per heavy atom. The molecule has 0 spiro atoms. The van der Waals surface area contributed by atoms with Gasteiger partial charge in [0.2, 0.25) is 0 Å². The summed E-state index contributed by atoms with van der Waals surface area (Å²) in [5, 5.41) is 14.2. The smallest absolute Gasteiger partial charge is 0.276 e. The average Bonchev–Trinajstić information content (AvgIpc) is 2.33. The number of halogens is 2. The molecule has 2 aromatic rings. The lowest BCUT2D eigenvalue weighted by Crippen LogP contribution is -2.00. The number of benzene rings is 1. The van der Waals surface area contributed by atoms with Crippen molar-refractivity contribution in [2.45, 2.75) is 0 Å². The number of hydrogen-bond donors (Lipinski definition) is 2. The van der Waals surface area contributed by atoms with Gasteiger partial charge in [-0.25, -0.2) is 4.98 Å². The van der Waals surface area contributed by atoms with Crippen LogP contribution in [0, 0.1) is 10.1 Å². The van der Waals surface area contributed by atoms with Crippen molar-refractivity contribution in [3.05, 3.63) is 49.9 Å². The molecule has 0 unspecified atom stereocenters. The monoisotopic (exact) mass is 342 g/mol. The number of nitrogens with zero attached hydrogens (tertiary/aromatic N) is 2. The molecule has 0 atom stereocenters. The van der Waals surface area contributed by atoms with Gasteiger partial charge >= 0.3 is 0 Å². The largest absolute Gasteiger partial charge is 0.383 e. The summed E-state index contributed by atoms with van der Waals surface area (Å²) in [6, 6.07) is 7.63. The molecular formula is C11H8BrClN4O2. The molecule has 6 nitrogen and oxygen atoms in total. The number of hydrogen-bond acceptors (Lipinski definition) is 5. The van der Waals surface area contributed by atoms with Crippen LogP contribution in [0.3, 0.4) is 0 Å². The third kappa shape index (κ3) is 3.33. The Hall–Kier alpha value is -1.86. The minimum atomic E-state index is -0.532. The van der Waals surface area contributed by atoms with E-state index in [-0.39, 0.29) is 17.3 Å². The molecule has 0 aliphatic heterocycles. The maximum atomic E-state index is 10.7. The van der Waals surface area contributed by atoms with Crippen molar-refractivity contribution in [3.8, 4) is 0 Å². The minimum Gasteiger partial charge on any atom is -0.383 e. The molecule has 98 valence electrons. The van der Waals surface area contributed by atoms with Gasteiger partial charge in [0.15, 0.2) is 0 Å². The summed E-state index contributed by atoms with van der Waals surface area (Å²) >= 11 is 9.22. The van der Waals surface area contributed by atoms with E-state index in [1.165, 1.54) is 12.1 Å². The highest BCUT2D eigenvalue weighted by atomic mass is 79.9. The third-order valence-corrected chi connectivity index (χ3v) is 3.16. The van der Waals surface area contributed by atoms with Gasteiger partial charge in [0.05, 0.1) is 22.7 Å². The predicted molar refractivity (Wildman–Crippen MR) is 77.7 cm³/mol. The molecule has 19 heavy (non-hydrogen) atoms. The maximum absolute atomic E-state index is 10.7. The summed E-state index contributed by atoms with van der Waals surface area (Å²) < 4.78 is 0.753. The Bertz CT molecular complexity index is 651. The summed E-state index contributed by atoms with van der Waals surface area (Å²) in [7, 11) is 0. The first-order chi connectivity index (χ1) is 8.95. The predicted octanol–water partition coefficient (Wildman–Crippen LogP) is 3.73. The van der Waals surface area contributed by atoms with Gasteiger partial charge in [0.1, 0.15) is 11.6 Å². The quantitative estimate of drug-likeness (QED) is 0.654. The van der Waals surface area contributed by atoms with Gasteiger partial charge in [-0.1, -0.05) is 11.6 Å². The number of nitrogens with one attached hydrogen (secondary N) is 1. The number of anilines is 3. The fourth-order valence-corrected chi connectivity index (χ4v) is 1.96. The lowest BCUT2D eigenvalue weighted by atomic mass is 10.3. The van der Waals surface area contributed by atoms with E-state index in [4.69, 9.17) is 17.3 Å². The second kappa shape index (κ2) is 5.41. The van der Waals surface area contributed by atoms with Crippen molar-refractivity contribution in [3.63, 3.8) is 0 Å². The van der Waals surface area contributed by atoms with Crippen LogP contribution in [-0.4, -0.2) is 9.91 Å².